The first kappa shape index (κ1) is 24.0. The maximum absolute atomic E-state index is 12.6. The van der Waals surface area contributed by atoms with Crippen LogP contribution in [0.4, 0.5) is 0 Å². The molecule has 0 saturated carbocycles. The third kappa shape index (κ3) is 5.26. The van der Waals surface area contributed by atoms with Gasteiger partial charge in [0.2, 0.25) is 0 Å². The Kier molecular flexibility index (Phi) is 8.98. The fourth-order valence-corrected chi connectivity index (χ4v) is 3.58. The number of benzene rings is 1. The maximum Gasteiger partial charge on any atom is 0.273 e. The van der Waals surface area contributed by atoms with Crippen molar-refractivity contribution in [3.8, 4) is 5.69 Å². The molecule has 0 aliphatic carbocycles. The second-order valence-corrected chi connectivity index (χ2v) is 7.01. The molecule has 1 aromatic carbocycles. The average Bonchev–Trinajstić information content (AvgIpc) is 3.12. The molecule has 10 heteroatoms. The second-order valence-electron chi connectivity index (χ2n) is 7.01. The molecule has 4 rings (SSSR count). The van der Waals surface area contributed by atoms with Gasteiger partial charge in [0, 0.05) is 55.9 Å². The number of amides is 1. The third-order valence-corrected chi connectivity index (χ3v) is 5.14. The first-order chi connectivity index (χ1) is 13.7. The highest BCUT2D eigenvalue weighted by Crippen LogP contribution is 2.22. The van der Waals surface area contributed by atoms with Gasteiger partial charge in [-0.2, -0.15) is 0 Å². The summed E-state index contributed by atoms with van der Waals surface area (Å²) < 4.78 is 1.72. The number of nitrogens with one attached hydrogen (secondary N) is 2. The number of hydrogen-bond acceptors (Lipinski definition) is 6. The van der Waals surface area contributed by atoms with Crippen LogP contribution in [0.5, 0.6) is 0 Å². The zero-order valence-corrected chi connectivity index (χ0v) is 18.5. The molecule has 30 heavy (non-hydrogen) atoms. The van der Waals surface area contributed by atoms with Gasteiger partial charge in [0.1, 0.15) is 0 Å². The van der Waals surface area contributed by atoms with E-state index in [1.807, 2.05) is 37.4 Å². The first-order valence-corrected chi connectivity index (χ1v) is 9.71. The molecule has 3 aromatic rings. The smallest absolute Gasteiger partial charge is 0.273 e. The highest BCUT2D eigenvalue weighted by molar-refractivity contribution is 5.94. The van der Waals surface area contributed by atoms with Crippen molar-refractivity contribution in [2.75, 3.05) is 39.3 Å². The second kappa shape index (κ2) is 11.2. The predicted octanol–water partition coefficient (Wildman–Crippen LogP) is 1.99. The Bertz CT molecular complexity index is 967. The van der Waals surface area contributed by atoms with Gasteiger partial charge in [-0.25, -0.2) is 4.68 Å². The summed E-state index contributed by atoms with van der Waals surface area (Å²) in [5.74, 6) is -0.175. The highest BCUT2D eigenvalue weighted by Gasteiger charge is 2.18. The lowest BCUT2D eigenvalue weighted by Crippen LogP contribution is -2.44. The Morgan fingerprint density at radius 3 is 2.80 bits per heavy atom. The Morgan fingerprint density at radius 1 is 1.20 bits per heavy atom. The van der Waals surface area contributed by atoms with Crippen LogP contribution in [0.15, 0.2) is 36.7 Å². The Labute approximate surface area is 188 Å². The molecule has 1 fully saturated rings. The minimum atomic E-state index is -0.175. The summed E-state index contributed by atoms with van der Waals surface area (Å²) in [6.45, 7) is 7.73. The minimum Gasteiger partial charge on any atom is -0.351 e. The summed E-state index contributed by atoms with van der Waals surface area (Å²) in [6.07, 6.45) is 4.50. The van der Waals surface area contributed by atoms with Gasteiger partial charge >= 0.3 is 0 Å². The van der Waals surface area contributed by atoms with E-state index in [9.17, 15) is 4.79 Å². The van der Waals surface area contributed by atoms with Crippen LogP contribution in [0.3, 0.4) is 0 Å². The molecule has 0 bridgehead atoms. The van der Waals surface area contributed by atoms with E-state index in [1.165, 1.54) is 0 Å². The maximum atomic E-state index is 12.6. The van der Waals surface area contributed by atoms with Crippen molar-refractivity contribution in [1.29, 1.82) is 0 Å². The van der Waals surface area contributed by atoms with Gasteiger partial charge in [-0.3, -0.25) is 9.78 Å². The predicted molar refractivity (Wildman–Crippen MR) is 122 cm³/mol. The van der Waals surface area contributed by atoms with Crippen molar-refractivity contribution in [3.63, 3.8) is 0 Å². The fraction of sp³-hybridized carbons (Fsp3) is 0.400. The van der Waals surface area contributed by atoms with Crippen LogP contribution < -0.4 is 10.6 Å². The standard InChI is InChI=1S/C20H25N7O.2ClH/c1-15-19(20(28)23-7-3-11-26-12-9-21-10-13-26)24-25-27(15)18-5-2-4-16-14-22-8-6-17(16)18;;/h2,4-6,8,14,21H,3,7,9-13H2,1H3,(H,23,28);2*1H. The zero-order chi connectivity index (χ0) is 19.3. The monoisotopic (exact) mass is 451 g/mol. The summed E-state index contributed by atoms with van der Waals surface area (Å²) in [7, 11) is 0. The quantitative estimate of drug-likeness (QED) is 0.557. The van der Waals surface area contributed by atoms with E-state index in [0.717, 1.165) is 61.3 Å². The molecule has 1 aliphatic heterocycles. The Morgan fingerprint density at radius 2 is 2.00 bits per heavy atom. The van der Waals surface area contributed by atoms with E-state index in [-0.39, 0.29) is 30.7 Å². The summed E-state index contributed by atoms with van der Waals surface area (Å²) in [5, 5.41) is 16.7. The molecule has 0 radical (unpaired) electrons. The van der Waals surface area contributed by atoms with Crippen LogP contribution in [0.2, 0.25) is 0 Å². The molecule has 1 amide bonds. The lowest BCUT2D eigenvalue weighted by molar-refractivity contribution is 0.0945. The van der Waals surface area contributed by atoms with Crippen LogP contribution in [0, 0.1) is 6.92 Å². The Balaban J connectivity index is 0.00000160. The van der Waals surface area contributed by atoms with Crippen LogP contribution in [-0.2, 0) is 0 Å². The summed E-state index contributed by atoms with van der Waals surface area (Å²) >= 11 is 0. The van der Waals surface area contributed by atoms with E-state index < -0.39 is 0 Å². The van der Waals surface area contributed by atoms with Gasteiger partial charge in [0.25, 0.3) is 5.91 Å². The zero-order valence-electron chi connectivity index (χ0n) is 16.9. The summed E-state index contributed by atoms with van der Waals surface area (Å²) in [4.78, 5) is 19.1. The molecular formula is C20H27Cl2N7O. The number of aromatic nitrogens is 4. The lowest BCUT2D eigenvalue weighted by Gasteiger charge is -2.26. The van der Waals surface area contributed by atoms with Crippen molar-refractivity contribution < 1.29 is 4.79 Å². The lowest BCUT2D eigenvalue weighted by atomic mass is 10.1. The number of piperazine rings is 1. The first-order valence-electron chi connectivity index (χ1n) is 9.71. The number of hydrogen-bond donors (Lipinski definition) is 2. The number of halogens is 2. The molecule has 0 atom stereocenters. The molecule has 1 saturated heterocycles. The van der Waals surface area contributed by atoms with Gasteiger partial charge in [-0.1, -0.05) is 17.3 Å². The summed E-state index contributed by atoms with van der Waals surface area (Å²) in [6, 6.07) is 7.88. The van der Waals surface area contributed by atoms with Crippen LogP contribution in [-0.4, -0.2) is 70.1 Å². The summed E-state index contributed by atoms with van der Waals surface area (Å²) in [5.41, 5.74) is 1.99. The van der Waals surface area contributed by atoms with Gasteiger partial charge in [-0.15, -0.1) is 29.9 Å². The van der Waals surface area contributed by atoms with Crippen molar-refractivity contribution in [2.45, 2.75) is 13.3 Å². The van der Waals surface area contributed by atoms with E-state index in [0.29, 0.717) is 12.2 Å². The normalized spacial score (nSPS) is 14.0. The van der Waals surface area contributed by atoms with Crippen LogP contribution in [0.1, 0.15) is 22.6 Å². The fourth-order valence-electron chi connectivity index (χ4n) is 3.58. The van der Waals surface area contributed by atoms with Crippen LogP contribution >= 0.6 is 24.8 Å². The molecule has 2 N–H and O–H groups in total. The SMILES string of the molecule is Cc1c(C(=O)NCCCN2CCNCC2)nnn1-c1cccc2cnccc12.Cl.Cl. The van der Waals surface area contributed by atoms with E-state index >= 15 is 0 Å². The number of pyridine rings is 1. The van der Waals surface area contributed by atoms with E-state index in [4.69, 9.17) is 0 Å². The third-order valence-electron chi connectivity index (χ3n) is 5.14. The molecule has 0 unspecified atom stereocenters. The number of nitrogens with zero attached hydrogens (tertiary/aromatic N) is 5. The molecule has 8 nitrogen and oxygen atoms in total. The van der Waals surface area contributed by atoms with E-state index in [1.54, 1.807) is 10.9 Å². The Hall–Kier alpha value is -2.26. The molecule has 162 valence electrons. The van der Waals surface area contributed by atoms with Gasteiger partial charge in [0.05, 0.1) is 11.4 Å². The molecular weight excluding hydrogens is 425 g/mol. The number of fused-ring (bicyclic) bond motifs is 1. The molecule has 2 aromatic heterocycles. The topological polar surface area (TPSA) is 88.0 Å². The molecule has 0 spiro atoms. The number of carbonyl (C=O) groups is 1. The highest BCUT2D eigenvalue weighted by atomic mass is 35.5. The van der Waals surface area contributed by atoms with Crippen molar-refractivity contribution in [3.05, 3.63) is 48.0 Å². The average molecular weight is 452 g/mol. The molecule has 1 aliphatic rings. The van der Waals surface area contributed by atoms with E-state index in [2.05, 4.69) is 30.8 Å². The minimum absolute atomic E-state index is 0. The van der Waals surface area contributed by atoms with Gasteiger partial charge < -0.3 is 15.5 Å². The van der Waals surface area contributed by atoms with Crippen molar-refractivity contribution in [1.82, 2.24) is 35.5 Å². The van der Waals surface area contributed by atoms with Gasteiger partial charge in [-0.05, 0) is 32.0 Å². The largest absolute Gasteiger partial charge is 0.351 e. The number of carbonyl (C=O) groups excluding carboxylic acids is 1. The van der Waals surface area contributed by atoms with Crippen molar-refractivity contribution >= 4 is 41.5 Å². The van der Waals surface area contributed by atoms with Crippen LogP contribution in [0.25, 0.3) is 16.5 Å². The number of rotatable bonds is 6. The van der Waals surface area contributed by atoms with Crippen molar-refractivity contribution in [2.24, 2.45) is 0 Å². The van der Waals surface area contributed by atoms with Gasteiger partial charge in [0.15, 0.2) is 5.69 Å². The molecule has 3 heterocycles.